The van der Waals surface area contributed by atoms with Crippen molar-refractivity contribution in [3.05, 3.63) is 82.1 Å². The number of aryl methyl sites for hydroxylation is 1. The molecule has 0 saturated carbocycles. The number of benzene rings is 2. The van der Waals surface area contributed by atoms with Gasteiger partial charge in [0.15, 0.2) is 5.11 Å². The van der Waals surface area contributed by atoms with Gasteiger partial charge in [0.2, 0.25) is 0 Å². The number of para-hydroxylation sites is 1. The second-order valence-corrected chi connectivity index (χ2v) is 7.64. The van der Waals surface area contributed by atoms with E-state index in [-0.39, 0.29) is 10.7 Å². The molecule has 0 spiro atoms. The van der Waals surface area contributed by atoms with E-state index in [9.17, 15) is 9.59 Å². The SMILES string of the molecule is Cc1ccccc1-n1ncc(C=C2C(=O)NC(=S)N(c3ccc(Cl)cc3)C2=O)c1C. The molecule has 0 unspecified atom stereocenters. The summed E-state index contributed by atoms with van der Waals surface area (Å²) in [6.07, 6.45) is 3.17. The summed E-state index contributed by atoms with van der Waals surface area (Å²) >= 11 is 11.2. The van der Waals surface area contributed by atoms with E-state index >= 15 is 0 Å². The van der Waals surface area contributed by atoms with E-state index in [0.717, 1.165) is 16.9 Å². The van der Waals surface area contributed by atoms with E-state index in [1.54, 1.807) is 41.2 Å². The summed E-state index contributed by atoms with van der Waals surface area (Å²) in [4.78, 5) is 26.9. The third-order valence-corrected chi connectivity index (χ3v) is 5.41. The van der Waals surface area contributed by atoms with Crippen LogP contribution in [-0.2, 0) is 9.59 Å². The molecule has 0 bridgehead atoms. The molecule has 1 N–H and O–H groups in total. The zero-order valence-electron chi connectivity index (χ0n) is 16.2. The van der Waals surface area contributed by atoms with E-state index in [4.69, 9.17) is 23.8 Å². The molecule has 1 fully saturated rings. The van der Waals surface area contributed by atoms with Gasteiger partial charge in [-0.25, -0.2) is 4.68 Å². The Kier molecular flexibility index (Phi) is 5.24. The van der Waals surface area contributed by atoms with Gasteiger partial charge in [-0.1, -0.05) is 29.8 Å². The van der Waals surface area contributed by atoms with Crippen LogP contribution in [-0.4, -0.2) is 26.7 Å². The molecule has 6 nitrogen and oxygen atoms in total. The largest absolute Gasteiger partial charge is 0.298 e. The van der Waals surface area contributed by atoms with Gasteiger partial charge in [0.25, 0.3) is 11.8 Å². The predicted octanol–water partition coefficient (Wildman–Crippen LogP) is 3.97. The minimum absolute atomic E-state index is 0.0222. The van der Waals surface area contributed by atoms with E-state index in [0.29, 0.717) is 16.3 Å². The molecule has 3 aromatic rings. The van der Waals surface area contributed by atoms with Crippen molar-refractivity contribution in [2.75, 3.05) is 4.90 Å². The van der Waals surface area contributed by atoms with Crippen LogP contribution in [0.3, 0.4) is 0 Å². The molecule has 8 heteroatoms. The topological polar surface area (TPSA) is 67.2 Å². The number of nitrogens with one attached hydrogen (secondary N) is 1. The van der Waals surface area contributed by atoms with E-state index < -0.39 is 11.8 Å². The summed E-state index contributed by atoms with van der Waals surface area (Å²) < 4.78 is 1.79. The first-order chi connectivity index (χ1) is 14.4. The second-order valence-electron chi connectivity index (χ2n) is 6.82. The number of carbonyl (C=O) groups is 2. The zero-order valence-corrected chi connectivity index (χ0v) is 17.8. The van der Waals surface area contributed by atoms with Crippen LogP contribution in [0.4, 0.5) is 5.69 Å². The Balaban J connectivity index is 1.73. The highest BCUT2D eigenvalue weighted by Gasteiger charge is 2.34. The minimum atomic E-state index is -0.543. The molecule has 1 aliphatic heterocycles. The number of hydrogen-bond donors (Lipinski definition) is 1. The first-order valence-electron chi connectivity index (χ1n) is 9.14. The Hall–Kier alpha value is -3.29. The van der Waals surface area contributed by atoms with Gasteiger partial charge in [0, 0.05) is 16.3 Å². The number of nitrogens with zero attached hydrogens (tertiary/aromatic N) is 3. The van der Waals surface area contributed by atoms with Crippen LogP contribution in [0.5, 0.6) is 0 Å². The molecule has 2 amide bonds. The number of carbonyl (C=O) groups excluding carboxylic acids is 2. The van der Waals surface area contributed by atoms with Crippen molar-refractivity contribution < 1.29 is 9.59 Å². The van der Waals surface area contributed by atoms with Gasteiger partial charge < -0.3 is 0 Å². The van der Waals surface area contributed by atoms with Crippen molar-refractivity contribution in [3.63, 3.8) is 0 Å². The lowest BCUT2D eigenvalue weighted by Crippen LogP contribution is -2.54. The molecule has 1 aliphatic rings. The molecule has 150 valence electrons. The lowest BCUT2D eigenvalue weighted by Gasteiger charge is -2.28. The van der Waals surface area contributed by atoms with E-state index in [1.807, 2.05) is 38.1 Å². The maximum absolute atomic E-state index is 13.1. The van der Waals surface area contributed by atoms with Crippen LogP contribution < -0.4 is 10.2 Å². The van der Waals surface area contributed by atoms with Crippen molar-refractivity contribution in [1.29, 1.82) is 0 Å². The minimum Gasteiger partial charge on any atom is -0.298 e. The average molecular weight is 437 g/mol. The van der Waals surface area contributed by atoms with Crippen LogP contribution in [0.25, 0.3) is 11.8 Å². The third kappa shape index (κ3) is 3.53. The molecule has 1 saturated heterocycles. The summed E-state index contributed by atoms with van der Waals surface area (Å²) in [6.45, 7) is 3.89. The van der Waals surface area contributed by atoms with Gasteiger partial charge in [-0.05, 0) is 68.0 Å². The van der Waals surface area contributed by atoms with Crippen molar-refractivity contribution in [3.8, 4) is 5.69 Å². The third-order valence-electron chi connectivity index (χ3n) is 4.88. The predicted molar refractivity (Wildman–Crippen MR) is 121 cm³/mol. The number of thiocarbonyl (C=S) groups is 1. The molecule has 1 aromatic heterocycles. The Morgan fingerprint density at radius 1 is 1.07 bits per heavy atom. The Bertz CT molecular complexity index is 1210. The normalized spacial score (nSPS) is 15.6. The smallest absolute Gasteiger partial charge is 0.270 e. The monoisotopic (exact) mass is 436 g/mol. The maximum atomic E-state index is 13.1. The van der Waals surface area contributed by atoms with Crippen molar-refractivity contribution in [1.82, 2.24) is 15.1 Å². The van der Waals surface area contributed by atoms with Crippen LogP contribution in [0, 0.1) is 13.8 Å². The van der Waals surface area contributed by atoms with Gasteiger partial charge in [-0.2, -0.15) is 5.10 Å². The highest BCUT2D eigenvalue weighted by atomic mass is 35.5. The summed E-state index contributed by atoms with van der Waals surface area (Å²) in [5.74, 6) is -1.05. The fraction of sp³-hybridized carbons (Fsp3) is 0.0909. The highest BCUT2D eigenvalue weighted by molar-refractivity contribution is 7.80. The van der Waals surface area contributed by atoms with Crippen LogP contribution in [0.1, 0.15) is 16.8 Å². The highest BCUT2D eigenvalue weighted by Crippen LogP contribution is 2.25. The number of halogens is 1. The van der Waals surface area contributed by atoms with Gasteiger partial charge >= 0.3 is 0 Å². The Labute approximate surface area is 183 Å². The van der Waals surface area contributed by atoms with Gasteiger partial charge in [0.1, 0.15) is 5.57 Å². The fourth-order valence-corrected chi connectivity index (χ4v) is 3.65. The quantitative estimate of drug-likeness (QED) is 0.383. The molecule has 4 rings (SSSR count). The Morgan fingerprint density at radius 3 is 2.47 bits per heavy atom. The van der Waals surface area contributed by atoms with Gasteiger partial charge in [-0.15, -0.1) is 0 Å². The molecular weight excluding hydrogens is 420 g/mol. The molecule has 0 atom stereocenters. The van der Waals surface area contributed by atoms with Crippen molar-refractivity contribution in [2.24, 2.45) is 0 Å². The molecule has 30 heavy (non-hydrogen) atoms. The number of aromatic nitrogens is 2. The number of hydrogen-bond acceptors (Lipinski definition) is 4. The first-order valence-corrected chi connectivity index (χ1v) is 9.93. The summed E-state index contributed by atoms with van der Waals surface area (Å²) in [7, 11) is 0. The number of anilines is 1. The lowest BCUT2D eigenvalue weighted by molar-refractivity contribution is -0.122. The molecule has 2 aromatic carbocycles. The maximum Gasteiger partial charge on any atom is 0.270 e. The summed E-state index contributed by atoms with van der Waals surface area (Å²) in [5.41, 5.74) is 3.97. The molecule has 0 aliphatic carbocycles. The second kappa shape index (κ2) is 7.85. The molecule has 0 radical (unpaired) electrons. The average Bonchev–Trinajstić information content (AvgIpc) is 3.07. The fourth-order valence-electron chi connectivity index (χ4n) is 3.25. The summed E-state index contributed by atoms with van der Waals surface area (Å²) in [5, 5.41) is 7.58. The van der Waals surface area contributed by atoms with E-state index in [2.05, 4.69) is 10.4 Å². The van der Waals surface area contributed by atoms with Crippen LogP contribution in [0.2, 0.25) is 5.02 Å². The van der Waals surface area contributed by atoms with Gasteiger partial charge in [0.05, 0.1) is 17.6 Å². The first kappa shape index (κ1) is 20.0. The zero-order chi connectivity index (χ0) is 21.4. The van der Waals surface area contributed by atoms with Crippen molar-refractivity contribution >= 4 is 52.5 Å². The van der Waals surface area contributed by atoms with Crippen LogP contribution in [0.15, 0.2) is 60.3 Å². The van der Waals surface area contributed by atoms with Gasteiger partial charge in [-0.3, -0.25) is 19.8 Å². The standard InChI is InChI=1S/C22H17ClN4O2S/c1-13-5-3-4-6-19(13)27-14(2)15(12-24-27)11-18-20(28)25-22(30)26(21(18)29)17-9-7-16(23)8-10-17/h3-12H,1-2H3,(H,25,28,30). The number of rotatable bonds is 3. The summed E-state index contributed by atoms with van der Waals surface area (Å²) in [6, 6.07) is 14.5. The molecule has 2 heterocycles. The number of amides is 2. The molecular formula is C22H17ClN4O2S. The van der Waals surface area contributed by atoms with E-state index in [1.165, 1.54) is 4.90 Å². The lowest BCUT2D eigenvalue weighted by atomic mass is 10.1. The van der Waals surface area contributed by atoms with Crippen LogP contribution >= 0.6 is 23.8 Å². The Morgan fingerprint density at radius 2 is 1.77 bits per heavy atom. The van der Waals surface area contributed by atoms with Crippen molar-refractivity contribution in [2.45, 2.75) is 13.8 Å².